The van der Waals surface area contributed by atoms with E-state index in [1.54, 1.807) is 0 Å². The van der Waals surface area contributed by atoms with Gasteiger partial charge in [0.05, 0.1) is 5.90 Å². The summed E-state index contributed by atoms with van der Waals surface area (Å²) in [4.78, 5) is 3.03. The molecule has 1 aromatic carbocycles. The summed E-state index contributed by atoms with van der Waals surface area (Å²) in [5.74, 6) is -2.00. The van der Waals surface area contributed by atoms with Gasteiger partial charge in [-0.2, -0.15) is 13.2 Å². The Morgan fingerprint density at radius 1 is 1.17 bits per heavy atom. The minimum atomic E-state index is -4.86. The lowest BCUT2D eigenvalue weighted by atomic mass is 10.0. The summed E-state index contributed by atoms with van der Waals surface area (Å²) in [5, 5.41) is 10.6. The fourth-order valence-electron chi connectivity index (χ4n) is 1.68. The van der Waals surface area contributed by atoms with Gasteiger partial charge in [0.1, 0.15) is 0 Å². The second-order valence-electron chi connectivity index (χ2n) is 3.95. The highest BCUT2D eigenvalue weighted by Gasteiger charge is 2.27. The van der Waals surface area contributed by atoms with E-state index in [9.17, 15) is 18.3 Å². The average molecular weight is 258 g/mol. The Hall–Kier alpha value is -1.52. The first-order valence-electron chi connectivity index (χ1n) is 5.80. The lowest BCUT2D eigenvalue weighted by Gasteiger charge is -2.14. The Balaban J connectivity index is 2.64. The van der Waals surface area contributed by atoms with Crippen molar-refractivity contribution in [3.05, 3.63) is 35.4 Å². The minimum Gasteiger partial charge on any atom is -0.856 e. The third kappa shape index (κ3) is 4.39. The summed E-state index contributed by atoms with van der Waals surface area (Å²) >= 11 is 0. The number of aryl methyl sites for hydroxylation is 1. The van der Waals surface area contributed by atoms with Crippen molar-refractivity contribution in [2.45, 2.75) is 32.4 Å². The normalized spacial score (nSPS) is 12.8. The van der Waals surface area contributed by atoms with Crippen LogP contribution in [0.4, 0.5) is 13.2 Å². The first-order chi connectivity index (χ1) is 8.45. The Kier molecular flexibility index (Phi) is 5.19. The molecule has 0 bridgehead atoms. The third-order valence-electron chi connectivity index (χ3n) is 2.52. The summed E-state index contributed by atoms with van der Waals surface area (Å²) in [5.41, 5.74) is 2.06. The highest BCUT2D eigenvalue weighted by Crippen LogP contribution is 2.15. The van der Waals surface area contributed by atoms with E-state index < -0.39 is 12.1 Å². The Morgan fingerprint density at radius 2 is 1.72 bits per heavy atom. The summed E-state index contributed by atoms with van der Waals surface area (Å²) in [6.07, 6.45) is -2.65. The molecule has 0 aliphatic rings. The van der Waals surface area contributed by atoms with Crippen LogP contribution in [-0.2, 0) is 12.8 Å². The molecule has 1 rings (SSSR count). The summed E-state index contributed by atoms with van der Waals surface area (Å²) < 4.78 is 35.8. The van der Waals surface area contributed by atoms with Gasteiger partial charge in [0.25, 0.3) is 0 Å². The van der Waals surface area contributed by atoms with E-state index >= 15 is 0 Å². The van der Waals surface area contributed by atoms with Gasteiger partial charge in [0.2, 0.25) is 0 Å². The molecule has 0 aliphatic carbocycles. The Labute approximate surface area is 104 Å². The molecular formula is C13H15F3NO-. The highest BCUT2D eigenvalue weighted by molar-refractivity contribution is 5.77. The Bertz CT molecular complexity index is 413. The number of hydrogen-bond acceptors (Lipinski definition) is 2. The maximum absolute atomic E-state index is 11.9. The molecule has 2 nitrogen and oxygen atoms in total. The second-order valence-corrected chi connectivity index (χ2v) is 3.95. The van der Waals surface area contributed by atoms with Gasteiger partial charge < -0.3 is 5.11 Å². The highest BCUT2D eigenvalue weighted by atomic mass is 19.4. The maximum atomic E-state index is 11.9. The summed E-state index contributed by atoms with van der Waals surface area (Å²) in [7, 11) is 0. The van der Waals surface area contributed by atoms with Crippen molar-refractivity contribution in [3.8, 4) is 0 Å². The first kappa shape index (κ1) is 14.5. The van der Waals surface area contributed by atoms with Crippen LogP contribution in [0.25, 0.3) is 0 Å². The quantitative estimate of drug-likeness (QED) is 0.590. The predicted molar refractivity (Wildman–Crippen MR) is 62.5 cm³/mol. The molecule has 0 radical (unpaired) electrons. The molecule has 0 atom stereocenters. The Morgan fingerprint density at radius 3 is 2.22 bits per heavy atom. The van der Waals surface area contributed by atoms with Gasteiger partial charge in [-0.05, 0) is 24.0 Å². The van der Waals surface area contributed by atoms with Gasteiger partial charge in [-0.15, -0.1) is 0 Å². The third-order valence-corrected chi connectivity index (χ3v) is 2.52. The van der Waals surface area contributed by atoms with Crippen molar-refractivity contribution in [2.75, 3.05) is 6.54 Å². The summed E-state index contributed by atoms with van der Waals surface area (Å²) in [6, 6.07) is 7.54. The molecule has 0 heterocycles. The standard InChI is InChI=1S/C13H16F3NO/c1-2-5-10-6-3-4-7-11(10)8-9-17-12(18)13(14,15)16/h3-4,6-7H,2,5,8-9H2,1H3,(H,17,18)/p-1. The van der Waals surface area contributed by atoms with Crippen LogP contribution in [-0.4, -0.2) is 18.6 Å². The van der Waals surface area contributed by atoms with E-state index in [4.69, 9.17) is 0 Å². The molecule has 0 saturated heterocycles. The van der Waals surface area contributed by atoms with E-state index in [1.165, 1.54) is 0 Å². The average Bonchev–Trinajstić information content (AvgIpc) is 2.30. The number of benzene rings is 1. The van der Waals surface area contributed by atoms with Gasteiger partial charge in [-0.3, -0.25) is 4.99 Å². The van der Waals surface area contributed by atoms with Gasteiger partial charge in [0, 0.05) is 6.54 Å². The molecule has 0 unspecified atom stereocenters. The minimum absolute atomic E-state index is 0.126. The zero-order valence-corrected chi connectivity index (χ0v) is 10.1. The molecule has 0 aromatic heterocycles. The van der Waals surface area contributed by atoms with E-state index in [0.29, 0.717) is 6.42 Å². The van der Waals surface area contributed by atoms with E-state index in [2.05, 4.69) is 4.99 Å². The van der Waals surface area contributed by atoms with Crippen molar-refractivity contribution in [1.29, 1.82) is 0 Å². The molecule has 0 fully saturated rings. The molecule has 1 aromatic rings. The second kappa shape index (κ2) is 6.42. The van der Waals surface area contributed by atoms with Crippen LogP contribution in [0.15, 0.2) is 29.3 Å². The van der Waals surface area contributed by atoms with Crippen molar-refractivity contribution in [2.24, 2.45) is 4.99 Å². The van der Waals surface area contributed by atoms with Crippen LogP contribution in [0.1, 0.15) is 24.5 Å². The van der Waals surface area contributed by atoms with Crippen molar-refractivity contribution < 1.29 is 18.3 Å². The summed E-state index contributed by atoms with van der Waals surface area (Å²) in [6.45, 7) is 1.91. The van der Waals surface area contributed by atoms with Gasteiger partial charge in [-0.25, -0.2) is 0 Å². The first-order valence-corrected chi connectivity index (χ1v) is 5.80. The van der Waals surface area contributed by atoms with Crippen molar-refractivity contribution >= 4 is 5.90 Å². The van der Waals surface area contributed by atoms with Crippen LogP contribution in [0.2, 0.25) is 0 Å². The molecular weight excluding hydrogens is 243 g/mol. The lowest BCUT2D eigenvalue weighted by Crippen LogP contribution is -2.35. The molecule has 18 heavy (non-hydrogen) atoms. The van der Waals surface area contributed by atoms with Crippen LogP contribution in [0, 0.1) is 0 Å². The number of alkyl halides is 3. The lowest BCUT2D eigenvalue weighted by molar-refractivity contribution is -0.262. The fraction of sp³-hybridized carbons (Fsp3) is 0.462. The monoisotopic (exact) mass is 258 g/mol. The molecule has 0 saturated carbocycles. The van der Waals surface area contributed by atoms with E-state index in [1.807, 2.05) is 31.2 Å². The molecule has 0 N–H and O–H groups in total. The van der Waals surface area contributed by atoms with Crippen LogP contribution < -0.4 is 5.11 Å². The van der Waals surface area contributed by atoms with E-state index in [0.717, 1.165) is 24.0 Å². The van der Waals surface area contributed by atoms with Crippen LogP contribution >= 0.6 is 0 Å². The number of aliphatic imine (C=N–C) groups is 1. The van der Waals surface area contributed by atoms with Crippen molar-refractivity contribution in [3.63, 3.8) is 0 Å². The zero-order chi connectivity index (χ0) is 13.6. The molecule has 0 spiro atoms. The smallest absolute Gasteiger partial charge is 0.419 e. The van der Waals surface area contributed by atoms with Crippen molar-refractivity contribution in [1.82, 2.24) is 0 Å². The SMILES string of the molecule is CCCc1ccccc1CCN=C([O-])C(F)(F)F. The van der Waals surface area contributed by atoms with E-state index in [-0.39, 0.29) is 6.54 Å². The van der Waals surface area contributed by atoms with Gasteiger partial charge in [0.15, 0.2) is 0 Å². The topological polar surface area (TPSA) is 35.4 Å². The molecule has 5 heteroatoms. The van der Waals surface area contributed by atoms with Crippen LogP contribution in [0.3, 0.4) is 0 Å². The molecule has 0 aliphatic heterocycles. The van der Waals surface area contributed by atoms with Crippen LogP contribution in [0.5, 0.6) is 0 Å². The molecule has 0 amide bonds. The predicted octanol–water partition coefficient (Wildman–Crippen LogP) is 2.50. The number of nitrogens with zero attached hydrogens (tertiary/aromatic N) is 1. The zero-order valence-electron chi connectivity index (χ0n) is 10.1. The van der Waals surface area contributed by atoms with Gasteiger partial charge in [-0.1, -0.05) is 37.6 Å². The fourth-order valence-corrected chi connectivity index (χ4v) is 1.68. The van der Waals surface area contributed by atoms with Gasteiger partial charge >= 0.3 is 6.18 Å². The largest absolute Gasteiger partial charge is 0.856 e. The number of hydrogen-bond donors (Lipinski definition) is 0. The number of halogens is 3. The molecule has 100 valence electrons. The maximum Gasteiger partial charge on any atom is 0.419 e. The number of rotatable bonds is 5.